The summed E-state index contributed by atoms with van der Waals surface area (Å²) in [4.78, 5) is 22.3. The number of nitrogen functional groups attached to an aromatic ring is 1. The van der Waals surface area contributed by atoms with Crippen LogP contribution in [-0.4, -0.2) is 23.5 Å². The Morgan fingerprint density at radius 1 is 1.47 bits per heavy atom. The van der Waals surface area contributed by atoms with Gasteiger partial charge in [0, 0.05) is 12.2 Å². The largest absolute Gasteiger partial charge is 0.481 e. The second-order valence-electron chi connectivity index (χ2n) is 4.37. The normalized spacial score (nSPS) is 11.9. The number of hydrogen-bond donors (Lipinski definition) is 3. The molecule has 5 nitrogen and oxygen atoms in total. The van der Waals surface area contributed by atoms with Gasteiger partial charge in [0.2, 0.25) is 0 Å². The van der Waals surface area contributed by atoms with Crippen molar-refractivity contribution in [2.75, 3.05) is 12.3 Å². The van der Waals surface area contributed by atoms with E-state index in [1.54, 1.807) is 6.92 Å². The summed E-state index contributed by atoms with van der Waals surface area (Å²) in [5, 5.41) is 11.3. The van der Waals surface area contributed by atoms with Gasteiger partial charge in [-0.05, 0) is 31.0 Å². The van der Waals surface area contributed by atoms with Crippen molar-refractivity contribution in [1.82, 2.24) is 5.32 Å². The number of nitrogens with two attached hydrogens (primary N) is 1. The first-order valence-electron chi connectivity index (χ1n) is 5.98. The van der Waals surface area contributed by atoms with Gasteiger partial charge in [-0.2, -0.15) is 0 Å². The first-order valence-corrected chi connectivity index (χ1v) is 5.98. The summed E-state index contributed by atoms with van der Waals surface area (Å²) in [5.74, 6) is -2.30. The Kier molecular flexibility index (Phi) is 5.29. The summed E-state index contributed by atoms with van der Waals surface area (Å²) in [6.45, 7) is 1.93. The van der Waals surface area contributed by atoms with E-state index in [0.29, 0.717) is 19.4 Å². The number of carbonyl (C=O) groups is 2. The molecule has 6 heteroatoms. The van der Waals surface area contributed by atoms with Crippen molar-refractivity contribution in [3.63, 3.8) is 0 Å². The fourth-order valence-electron chi connectivity index (χ4n) is 1.55. The van der Waals surface area contributed by atoms with Gasteiger partial charge in [0.25, 0.3) is 5.91 Å². The van der Waals surface area contributed by atoms with Gasteiger partial charge in [-0.3, -0.25) is 9.59 Å². The van der Waals surface area contributed by atoms with Gasteiger partial charge in [0.15, 0.2) is 0 Å². The molecule has 1 aromatic carbocycles. The molecule has 0 aliphatic heterocycles. The van der Waals surface area contributed by atoms with E-state index >= 15 is 0 Å². The number of halogens is 1. The Morgan fingerprint density at radius 3 is 2.79 bits per heavy atom. The number of benzene rings is 1. The van der Waals surface area contributed by atoms with Crippen LogP contribution < -0.4 is 11.1 Å². The van der Waals surface area contributed by atoms with Crippen LogP contribution in [0.4, 0.5) is 10.1 Å². The van der Waals surface area contributed by atoms with Gasteiger partial charge in [-0.1, -0.05) is 6.92 Å². The van der Waals surface area contributed by atoms with Crippen LogP contribution in [0.2, 0.25) is 0 Å². The number of nitrogens with one attached hydrogen (secondary N) is 1. The number of amides is 1. The lowest BCUT2D eigenvalue weighted by Crippen LogP contribution is -2.26. The average molecular weight is 268 g/mol. The molecule has 104 valence electrons. The number of rotatable bonds is 6. The van der Waals surface area contributed by atoms with Crippen molar-refractivity contribution in [2.45, 2.75) is 19.8 Å². The molecule has 1 atom stereocenters. The Morgan fingerprint density at radius 2 is 2.16 bits per heavy atom. The summed E-state index contributed by atoms with van der Waals surface area (Å²) in [6.07, 6.45) is 1.00. The molecule has 0 saturated heterocycles. The second kappa shape index (κ2) is 6.72. The number of anilines is 1. The van der Waals surface area contributed by atoms with Gasteiger partial charge in [0.1, 0.15) is 5.82 Å². The van der Waals surface area contributed by atoms with E-state index in [1.165, 1.54) is 12.1 Å². The lowest BCUT2D eigenvalue weighted by atomic mass is 10.1. The number of carboxylic acid groups (broad SMARTS) is 1. The minimum Gasteiger partial charge on any atom is -0.481 e. The lowest BCUT2D eigenvalue weighted by Gasteiger charge is -2.09. The van der Waals surface area contributed by atoms with Crippen molar-refractivity contribution >= 4 is 17.6 Å². The highest BCUT2D eigenvalue weighted by Gasteiger charge is 2.12. The molecule has 0 radical (unpaired) electrons. The van der Waals surface area contributed by atoms with Crippen LogP contribution in [0.5, 0.6) is 0 Å². The molecule has 4 N–H and O–H groups in total. The van der Waals surface area contributed by atoms with Crippen molar-refractivity contribution in [3.8, 4) is 0 Å². The minimum absolute atomic E-state index is 0.0892. The van der Waals surface area contributed by atoms with E-state index in [9.17, 15) is 14.0 Å². The van der Waals surface area contributed by atoms with Crippen molar-refractivity contribution < 1.29 is 19.1 Å². The fourth-order valence-corrected chi connectivity index (χ4v) is 1.55. The van der Waals surface area contributed by atoms with Crippen molar-refractivity contribution in [2.24, 2.45) is 5.92 Å². The van der Waals surface area contributed by atoms with E-state index in [0.717, 1.165) is 6.07 Å². The predicted octanol–water partition coefficient (Wildman–Crippen LogP) is 1.64. The van der Waals surface area contributed by atoms with Gasteiger partial charge in [-0.15, -0.1) is 0 Å². The topological polar surface area (TPSA) is 92.4 Å². The molecule has 1 aromatic rings. The number of aliphatic carboxylic acids is 1. The first-order chi connectivity index (χ1) is 8.91. The molecular formula is C13H17FN2O3. The van der Waals surface area contributed by atoms with E-state index in [2.05, 4.69) is 5.32 Å². The maximum absolute atomic E-state index is 13.0. The molecule has 1 unspecified atom stereocenters. The standard InChI is InChI=1S/C13H17FN2O3/c1-8(13(18)19)3-2-6-16-12(17)10-7-9(14)4-5-11(10)15/h4-5,7-8H,2-3,6,15H2,1H3,(H,16,17)(H,18,19). The van der Waals surface area contributed by atoms with Crippen LogP contribution in [0.3, 0.4) is 0 Å². The Hall–Kier alpha value is -2.11. The van der Waals surface area contributed by atoms with Crippen LogP contribution in [-0.2, 0) is 4.79 Å². The van der Waals surface area contributed by atoms with Crippen LogP contribution >= 0.6 is 0 Å². The minimum atomic E-state index is -0.860. The third-order valence-corrected chi connectivity index (χ3v) is 2.78. The molecule has 0 fully saturated rings. The summed E-state index contributed by atoms with van der Waals surface area (Å²) >= 11 is 0. The average Bonchev–Trinajstić information content (AvgIpc) is 2.36. The summed E-state index contributed by atoms with van der Waals surface area (Å²) in [7, 11) is 0. The molecular weight excluding hydrogens is 251 g/mol. The van der Waals surface area contributed by atoms with Crippen molar-refractivity contribution in [3.05, 3.63) is 29.6 Å². The lowest BCUT2D eigenvalue weighted by molar-refractivity contribution is -0.141. The van der Waals surface area contributed by atoms with E-state index in [4.69, 9.17) is 10.8 Å². The van der Waals surface area contributed by atoms with Gasteiger partial charge >= 0.3 is 5.97 Å². The number of carbonyl (C=O) groups excluding carboxylic acids is 1. The van der Waals surface area contributed by atoms with Crippen LogP contribution in [0.15, 0.2) is 18.2 Å². The molecule has 0 saturated carbocycles. The molecule has 0 heterocycles. The first kappa shape index (κ1) is 14.9. The molecule has 0 spiro atoms. The van der Waals surface area contributed by atoms with Crippen molar-refractivity contribution in [1.29, 1.82) is 0 Å². The zero-order valence-electron chi connectivity index (χ0n) is 10.6. The van der Waals surface area contributed by atoms with Gasteiger partial charge in [-0.25, -0.2) is 4.39 Å². The van der Waals surface area contributed by atoms with E-state index in [1.807, 2.05) is 0 Å². The van der Waals surface area contributed by atoms with E-state index in [-0.39, 0.29) is 11.3 Å². The SMILES string of the molecule is CC(CCCNC(=O)c1cc(F)ccc1N)C(=O)O. The van der Waals surface area contributed by atoms with Crippen LogP contribution in [0.25, 0.3) is 0 Å². The third-order valence-electron chi connectivity index (χ3n) is 2.78. The van der Waals surface area contributed by atoms with Gasteiger partial charge < -0.3 is 16.2 Å². The highest BCUT2D eigenvalue weighted by Crippen LogP contribution is 2.13. The maximum atomic E-state index is 13.0. The molecule has 1 rings (SSSR count). The van der Waals surface area contributed by atoms with Crippen LogP contribution in [0, 0.1) is 11.7 Å². The zero-order chi connectivity index (χ0) is 14.4. The monoisotopic (exact) mass is 268 g/mol. The van der Waals surface area contributed by atoms with Crippen LogP contribution in [0.1, 0.15) is 30.1 Å². The molecule has 0 aliphatic carbocycles. The highest BCUT2D eigenvalue weighted by atomic mass is 19.1. The fraction of sp³-hybridized carbons (Fsp3) is 0.385. The second-order valence-corrected chi connectivity index (χ2v) is 4.37. The van der Waals surface area contributed by atoms with E-state index < -0.39 is 23.6 Å². The highest BCUT2D eigenvalue weighted by molar-refractivity contribution is 5.99. The number of carboxylic acids is 1. The molecule has 0 aromatic heterocycles. The Bertz CT molecular complexity index is 477. The maximum Gasteiger partial charge on any atom is 0.306 e. The predicted molar refractivity (Wildman–Crippen MR) is 69.2 cm³/mol. The molecule has 1 amide bonds. The summed E-state index contributed by atoms with van der Waals surface area (Å²) in [6, 6.07) is 3.59. The van der Waals surface area contributed by atoms with Gasteiger partial charge in [0.05, 0.1) is 11.5 Å². The summed E-state index contributed by atoms with van der Waals surface area (Å²) in [5.41, 5.74) is 5.87. The zero-order valence-corrected chi connectivity index (χ0v) is 10.6. The molecule has 0 bridgehead atoms. The Balaban J connectivity index is 2.43. The molecule has 0 aliphatic rings. The number of hydrogen-bond acceptors (Lipinski definition) is 3. The Labute approximate surface area is 110 Å². The summed E-state index contributed by atoms with van der Waals surface area (Å²) < 4.78 is 13.0. The smallest absolute Gasteiger partial charge is 0.306 e. The molecule has 19 heavy (non-hydrogen) atoms. The third kappa shape index (κ3) is 4.57. The quantitative estimate of drug-likeness (QED) is 0.540.